The summed E-state index contributed by atoms with van der Waals surface area (Å²) in [4.78, 5) is 25.4. The van der Waals surface area contributed by atoms with Crippen LogP contribution in [0.2, 0.25) is 5.02 Å². The van der Waals surface area contributed by atoms with Gasteiger partial charge in [-0.05, 0) is 42.9 Å². The second-order valence-electron chi connectivity index (χ2n) is 6.99. The average molecular weight is 399 g/mol. The molecule has 28 heavy (non-hydrogen) atoms. The van der Waals surface area contributed by atoms with E-state index < -0.39 is 0 Å². The van der Waals surface area contributed by atoms with E-state index in [9.17, 15) is 9.59 Å². The maximum atomic E-state index is 12.7. The predicted octanol–water partition coefficient (Wildman–Crippen LogP) is 2.89. The van der Waals surface area contributed by atoms with E-state index in [0.29, 0.717) is 28.7 Å². The van der Waals surface area contributed by atoms with Crippen LogP contribution < -0.4 is 9.47 Å². The van der Waals surface area contributed by atoms with Crippen molar-refractivity contribution in [3.05, 3.63) is 34.9 Å². The Morgan fingerprint density at radius 1 is 1.25 bits per heavy atom. The minimum absolute atomic E-state index is 0.0587. The zero-order chi connectivity index (χ0) is 19.8. The number of carbonyl (C=O) groups excluding carboxylic acids is 2. The Morgan fingerprint density at radius 3 is 2.54 bits per heavy atom. The third-order valence-electron chi connectivity index (χ3n) is 5.40. The van der Waals surface area contributed by atoms with Gasteiger partial charge in [0, 0.05) is 0 Å². The zero-order valence-corrected chi connectivity index (χ0v) is 16.1. The summed E-state index contributed by atoms with van der Waals surface area (Å²) >= 11 is 6.29. The monoisotopic (exact) mass is 398 g/mol. The third kappa shape index (κ3) is 2.96. The molecule has 4 atom stereocenters. The first-order chi connectivity index (χ1) is 13.5. The summed E-state index contributed by atoms with van der Waals surface area (Å²) < 4.78 is 11.0. The van der Waals surface area contributed by atoms with E-state index in [1.165, 1.54) is 6.21 Å². The molecular weight excluding hydrogens is 380 g/mol. The number of benzene rings is 1. The molecule has 1 heterocycles. The first-order valence-corrected chi connectivity index (χ1v) is 9.55. The molecule has 2 amide bonds. The van der Waals surface area contributed by atoms with Crippen molar-refractivity contribution < 1.29 is 19.1 Å². The standard InChI is InChI=1S/C21H19ClN2O4/c1-3-7-28-19-15(22)8-12(9-16(19)27-4-2)11-23-24-20(25)17-13-5-6-14(10-13)18(17)21(24)26/h1,5-6,8-9,11,13-14,17-18H,4,7,10H2,2H3/b23-11-/t13-,14-,17+,18+/m0/s1. The van der Waals surface area contributed by atoms with Crippen LogP contribution in [0, 0.1) is 36.0 Å². The Morgan fingerprint density at radius 2 is 1.93 bits per heavy atom. The van der Waals surface area contributed by atoms with Crippen molar-refractivity contribution in [2.75, 3.05) is 13.2 Å². The molecule has 1 aromatic rings. The normalized spacial score (nSPS) is 27.5. The fourth-order valence-electron chi connectivity index (χ4n) is 4.30. The molecule has 2 aliphatic carbocycles. The van der Waals surface area contributed by atoms with E-state index in [0.717, 1.165) is 11.4 Å². The van der Waals surface area contributed by atoms with E-state index in [1.54, 1.807) is 12.1 Å². The molecule has 1 aliphatic heterocycles. The molecule has 0 N–H and O–H groups in total. The molecule has 4 rings (SSSR count). The number of amides is 2. The van der Waals surface area contributed by atoms with Crippen molar-refractivity contribution in [1.82, 2.24) is 5.01 Å². The number of hydrogen-bond donors (Lipinski definition) is 0. The number of halogens is 1. The minimum Gasteiger partial charge on any atom is -0.490 e. The Labute approximate surface area is 168 Å². The van der Waals surface area contributed by atoms with Crippen molar-refractivity contribution in [2.45, 2.75) is 13.3 Å². The van der Waals surface area contributed by atoms with E-state index in [-0.39, 0.29) is 42.1 Å². The topological polar surface area (TPSA) is 68.2 Å². The second-order valence-corrected chi connectivity index (χ2v) is 7.40. The molecule has 1 aromatic carbocycles. The van der Waals surface area contributed by atoms with E-state index in [1.807, 2.05) is 19.1 Å². The minimum atomic E-state index is -0.276. The van der Waals surface area contributed by atoms with E-state index in [4.69, 9.17) is 27.5 Å². The molecule has 6 nitrogen and oxygen atoms in total. The third-order valence-corrected chi connectivity index (χ3v) is 5.68. The van der Waals surface area contributed by atoms with Crippen molar-refractivity contribution in [2.24, 2.45) is 28.8 Å². The molecule has 2 fully saturated rings. The molecular formula is C21H19ClN2O4. The molecule has 3 aliphatic rings. The quantitative estimate of drug-likeness (QED) is 0.320. The number of terminal acetylenes is 1. The summed E-state index contributed by atoms with van der Waals surface area (Å²) in [6, 6.07) is 3.30. The van der Waals surface area contributed by atoms with Crippen molar-refractivity contribution in [1.29, 1.82) is 0 Å². The highest BCUT2D eigenvalue weighted by atomic mass is 35.5. The number of carbonyl (C=O) groups is 2. The van der Waals surface area contributed by atoms with Crippen LogP contribution in [-0.2, 0) is 9.59 Å². The number of imide groups is 1. The molecule has 7 heteroatoms. The van der Waals surface area contributed by atoms with Crippen LogP contribution in [0.25, 0.3) is 0 Å². The SMILES string of the molecule is C#CCOc1c(Cl)cc(/C=N\N2C(=O)[C@H]3[C@H](C2=O)[C@H]2C=C[C@H]3C2)cc1OCC. The van der Waals surface area contributed by atoms with Crippen LogP contribution in [0.15, 0.2) is 29.4 Å². The molecule has 0 spiro atoms. The number of hydrogen-bond acceptors (Lipinski definition) is 5. The fourth-order valence-corrected chi connectivity index (χ4v) is 4.58. The van der Waals surface area contributed by atoms with E-state index in [2.05, 4.69) is 11.0 Å². The molecule has 0 unspecified atom stereocenters. The van der Waals surface area contributed by atoms with Crippen molar-refractivity contribution in [3.8, 4) is 23.8 Å². The first-order valence-electron chi connectivity index (χ1n) is 9.17. The van der Waals surface area contributed by atoms with E-state index >= 15 is 0 Å². The lowest BCUT2D eigenvalue weighted by Gasteiger charge is -2.13. The number of rotatable bonds is 6. The largest absolute Gasteiger partial charge is 0.490 e. The molecule has 0 radical (unpaired) electrons. The molecule has 144 valence electrons. The number of ether oxygens (including phenoxy) is 2. The Balaban J connectivity index is 1.57. The zero-order valence-electron chi connectivity index (χ0n) is 15.3. The molecule has 0 aromatic heterocycles. The maximum Gasteiger partial charge on any atom is 0.254 e. The molecule has 2 bridgehead atoms. The number of allylic oxidation sites excluding steroid dienone is 2. The summed E-state index contributed by atoms with van der Waals surface area (Å²) in [5.41, 5.74) is 0.584. The number of hydrazone groups is 1. The van der Waals surface area contributed by atoms with Crippen LogP contribution in [0.3, 0.4) is 0 Å². The smallest absolute Gasteiger partial charge is 0.254 e. The van der Waals surface area contributed by atoms with Gasteiger partial charge in [-0.1, -0.05) is 29.7 Å². The van der Waals surface area contributed by atoms with Gasteiger partial charge in [-0.15, -0.1) is 6.42 Å². The van der Waals surface area contributed by atoms with Crippen LogP contribution >= 0.6 is 11.6 Å². The second kappa shape index (κ2) is 7.33. The van der Waals surface area contributed by atoms with Crippen LogP contribution in [-0.4, -0.2) is 36.3 Å². The highest BCUT2D eigenvalue weighted by Crippen LogP contribution is 2.52. The van der Waals surface area contributed by atoms with Gasteiger partial charge in [0.25, 0.3) is 11.8 Å². The first kappa shape index (κ1) is 18.6. The summed E-state index contributed by atoms with van der Waals surface area (Å²) in [5.74, 6) is 2.45. The summed E-state index contributed by atoms with van der Waals surface area (Å²) in [6.45, 7) is 2.30. The maximum absolute atomic E-state index is 12.7. The Bertz CT molecular complexity index is 903. The molecule has 1 saturated heterocycles. The summed E-state index contributed by atoms with van der Waals surface area (Å²) in [6.07, 6.45) is 11.7. The van der Waals surface area contributed by atoms with Gasteiger partial charge in [0.05, 0.1) is 29.7 Å². The lowest BCUT2D eigenvalue weighted by atomic mass is 9.85. The summed E-state index contributed by atoms with van der Waals surface area (Å²) in [7, 11) is 0. The average Bonchev–Trinajstić information content (AvgIpc) is 3.34. The van der Waals surface area contributed by atoms with Crippen molar-refractivity contribution >= 4 is 29.6 Å². The highest BCUT2D eigenvalue weighted by molar-refractivity contribution is 6.32. The van der Waals surface area contributed by atoms with Gasteiger partial charge in [-0.3, -0.25) is 9.59 Å². The highest BCUT2D eigenvalue weighted by Gasteiger charge is 2.59. The fraction of sp³-hybridized carbons (Fsp3) is 0.381. The van der Waals surface area contributed by atoms with Gasteiger partial charge in [-0.25, -0.2) is 0 Å². The van der Waals surface area contributed by atoms with Gasteiger partial charge >= 0.3 is 0 Å². The number of fused-ring (bicyclic) bond motifs is 5. The lowest BCUT2D eigenvalue weighted by molar-refractivity contribution is -0.140. The van der Waals surface area contributed by atoms with Crippen LogP contribution in [0.4, 0.5) is 0 Å². The van der Waals surface area contributed by atoms with Gasteiger partial charge in [0.1, 0.15) is 6.61 Å². The van der Waals surface area contributed by atoms with Gasteiger partial charge in [0.15, 0.2) is 11.5 Å². The Kier molecular flexibility index (Phi) is 4.86. The van der Waals surface area contributed by atoms with Crippen molar-refractivity contribution in [3.63, 3.8) is 0 Å². The van der Waals surface area contributed by atoms with Gasteiger partial charge < -0.3 is 9.47 Å². The number of nitrogens with zero attached hydrogens (tertiary/aromatic N) is 2. The predicted molar refractivity (Wildman–Crippen MR) is 104 cm³/mol. The van der Waals surface area contributed by atoms with Gasteiger partial charge in [-0.2, -0.15) is 10.1 Å². The van der Waals surface area contributed by atoms with Crippen LogP contribution in [0.1, 0.15) is 18.9 Å². The van der Waals surface area contributed by atoms with Crippen LogP contribution in [0.5, 0.6) is 11.5 Å². The lowest BCUT2D eigenvalue weighted by Crippen LogP contribution is -2.28. The molecule has 1 saturated carbocycles. The summed E-state index contributed by atoms with van der Waals surface area (Å²) in [5, 5.41) is 5.47. The van der Waals surface area contributed by atoms with Gasteiger partial charge in [0.2, 0.25) is 0 Å². The Hall–Kier alpha value is -2.78.